The highest BCUT2D eigenvalue weighted by molar-refractivity contribution is 7.87. The molecule has 7 nitrogen and oxygen atoms in total. The number of halogens is 4. The van der Waals surface area contributed by atoms with Gasteiger partial charge in [-0.05, 0) is 18.1 Å². The molecule has 1 rings (SSSR count). The van der Waals surface area contributed by atoms with Gasteiger partial charge in [0, 0.05) is 0 Å². The Morgan fingerprint density at radius 2 is 1.88 bits per heavy atom. The molecule has 1 aromatic carbocycles. The summed E-state index contributed by atoms with van der Waals surface area (Å²) in [7, 11) is -9.70. The smallest absolute Gasteiger partial charge is 0.404 e. The molecule has 25 heavy (non-hydrogen) atoms. The normalized spacial score (nSPS) is 15.2. The fourth-order valence-corrected chi connectivity index (χ4v) is 3.91. The summed E-state index contributed by atoms with van der Waals surface area (Å²) in [6.07, 6.45) is -6.69. The van der Waals surface area contributed by atoms with E-state index in [-0.39, 0.29) is 12.5 Å². The number of ether oxygens (including phenoxy) is 1. The average molecular weight is 410 g/mol. The van der Waals surface area contributed by atoms with Crippen molar-refractivity contribution in [3.05, 3.63) is 24.0 Å². The van der Waals surface area contributed by atoms with Crippen LogP contribution in [0.5, 0.6) is 5.75 Å². The molecule has 1 aromatic rings. The molecule has 13 heteroatoms. The van der Waals surface area contributed by atoms with Crippen LogP contribution in [0.3, 0.4) is 0 Å². The van der Waals surface area contributed by atoms with Gasteiger partial charge in [-0.15, -0.1) is 13.2 Å². The molecule has 0 aliphatic heterocycles. The monoisotopic (exact) mass is 410 g/mol. The summed E-state index contributed by atoms with van der Waals surface area (Å²) in [6, 6.07) is 1.91. The highest BCUT2D eigenvalue weighted by Gasteiger charge is 2.36. The third-order valence-electron chi connectivity index (χ3n) is 2.39. The molecule has 0 aromatic heterocycles. The third kappa shape index (κ3) is 7.28. The van der Waals surface area contributed by atoms with Crippen LogP contribution in [0.4, 0.5) is 17.6 Å². The summed E-state index contributed by atoms with van der Waals surface area (Å²) in [5.74, 6) is -3.11. The standard InChI is InChI=1S/C12H15F4O7PS/c1-8(2)6-21-24(17,18)7-22-25(19,20)11-9(13)4-3-5-10(11)23-12(14,15)16/h3-5,8H,6-7H2,1-2H3,(H,17,18). The van der Waals surface area contributed by atoms with Crippen molar-refractivity contribution in [2.45, 2.75) is 25.1 Å². The molecule has 0 aliphatic rings. The molecule has 0 heterocycles. The zero-order chi connectivity index (χ0) is 19.5. The predicted octanol–water partition coefficient (Wildman–Crippen LogP) is 3.25. The van der Waals surface area contributed by atoms with E-state index in [1.807, 2.05) is 0 Å². The largest absolute Gasteiger partial charge is 0.573 e. The first-order valence-corrected chi connectivity index (χ1v) is 9.80. The summed E-state index contributed by atoms with van der Waals surface area (Å²) < 4.78 is 98.4. The summed E-state index contributed by atoms with van der Waals surface area (Å²) in [6.45, 7) is 3.11. The Morgan fingerprint density at radius 1 is 1.28 bits per heavy atom. The second kappa shape index (κ2) is 8.00. The second-order valence-electron chi connectivity index (χ2n) is 5.14. The van der Waals surface area contributed by atoms with Gasteiger partial charge in [-0.3, -0.25) is 8.75 Å². The second-order valence-corrected chi connectivity index (χ2v) is 8.49. The minimum absolute atomic E-state index is 0.157. The van der Waals surface area contributed by atoms with E-state index in [0.29, 0.717) is 12.1 Å². The maximum atomic E-state index is 13.7. The van der Waals surface area contributed by atoms with Crippen molar-refractivity contribution in [3.63, 3.8) is 0 Å². The van der Waals surface area contributed by atoms with Crippen molar-refractivity contribution in [1.29, 1.82) is 0 Å². The Labute approximate surface area is 141 Å². The summed E-state index contributed by atoms with van der Waals surface area (Å²) in [5.41, 5.74) is 0. The van der Waals surface area contributed by atoms with Crippen molar-refractivity contribution in [3.8, 4) is 5.75 Å². The van der Waals surface area contributed by atoms with E-state index in [2.05, 4.69) is 13.4 Å². The molecule has 1 N–H and O–H groups in total. The Kier molecular flexibility index (Phi) is 6.99. The molecule has 0 aliphatic carbocycles. The fourth-order valence-electron chi connectivity index (χ4n) is 1.43. The number of alkyl halides is 3. The Hall–Kier alpha value is -1.20. The minimum atomic E-state index is -5.29. The van der Waals surface area contributed by atoms with Gasteiger partial charge in [0.05, 0.1) is 6.61 Å². The number of rotatable bonds is 8. The topological polar surface area (TPSA) is 99.1 Å². The highest BCUT2D eigenvalue weighted by atomic mass is 32.2. The molecule has 1 unspecified atom stereocenters. The van der Waals surface area contributed by atoms with Crippen molar-refractivity contribution >= 4 is 17.7 Å². The maximum Gasteiger partial charge on any atom is 0.573 e. The SMILES string of the molecule is CC(C)COP(=O)(O)COS(=O)(=O)c1c(F)cccc1OC(F)(F)F. The molecule has 144 valence electrons. The van der Waals surface area contributed by atoms with Gasteiger partial charge in [0.2, 0.25) is 0 Å². The van der Waals surface area contributed by atoms with Crippen molar-refractivity contribution in [2.24, 2.45) is 5.92 Å². The molecular weight excluding hydrogens is 395 g/mol. The third-order valence-corrected chi connectivity index (χ3v) is 4.89. The Bertz CT molecular complexity index is 748. The molecule has 0 radical (unpaired) electrons. The molecular formula is C12H15F4O7PS. The van der Waals surface area contributed by atoms with E-state index in [0.717, 1.165) is 6.07 Å². The van der Waals surface area contributed by atoms with Crippen LogP contribution in [-0.4, -0.2) is 32.6 Å². The van der Waals surface area contributed by atoms with Gasteiger partial charge in [0.1, 0.15) is 5.82 Å². The van der Waals surface area contributed by atoms with Gasteiger partial charge in [-0.25, -0.2) is 4.39 Å². The summed E-state index contributed by atoms with van der Waals surface area (Å²) in [4.78, 5) is 7.89. The Morgan fingerprint density at radius 3 is 2.40 bits per heavy atom. The van der Waals surface area contributed by atoms with Crippen LogP contribution < -0.4 is 4.74 Å². The van der Waals surface area contributed by atoms with Crippen molar-refractivity contribution in [1.82, 2.24) is 0 Å². The lowest BCUT2D eigenvalue weighted by Crippen LogP contribution is -2.20. The van der Waals surface area contributed by atoms with Gasteiger partial charge >= 0.3 is 24.1 Å². The van der Waals surface area contributed by atoms with Crippen LogP contribution in [0.25, 0.3) is 0 Å². The number of hydrogen-bond donors (Lipinski definition) is 1. The molecule has 0 bridgehead atoms. The first-order chi connectivity index (χ1) is 11.2. The zero-order valence-electron chi connectivity index (χ0n) is 13.0. The number of hydrogen-bond acceptors (Lipinski definition) is 6. The van der Waals surface area contributed by atoms with E-state index >= 15 is 0 Å². The van der Waals surface area contributed by atoms with Gasteiger partial charge in [-0.1, -0.05) is 19.9 Å². The lowest BCUT2D eigenvalue weighted by atomic mass is 10.2. The van der Waals surface area contributed by atoms with Gasteiger partial charge in [0.15, 0.2) is 17.0 Å². The van der Waals surface area contributed by atoms with Crippen LogP contribution in [-0.2, 0) is 23.4 Å². The van der Waals surface area contributed by atoms with E-state index < -0.39 is 46.9 Å². The van der Waals surface area contributed by atoms with Crippen molar-refractivity contribution in [2.75, 3.05) is 13.0 Å². The average Bonchev–Trinajstić information content (AvgIpc) is 2.41. The van der Waals surface area contributed by atoms with Crippen LogP contribution in [0.1, 0.15) is 13.8 Å². The van der Waals surface area contributed by atoms with E-state index in [1.54, 1.807) is 13.8 Å². The van der Waals surface area contributed by atoms with E-state index in [9.17, 15) is 35.4 Å². The maximum absolute atomic E-state index is 13.7. The van der Waals surface area contributed by atoms with Crippen LogP contribution in [0, 0.1) is 11.7 Å². The first-order valence-electron chi connectivity index (χ1n) is 6.63. The van der Waals surface area contributed by atoms with Gasteiger partial charge in [0.25, 0.3) is 0 Å². The fraction of sp³-hybridized carbons (Fsp3) is 0.500. The minimum Gasteiger partial charge on any atom is -0.404 e. The predicted molar refractivity (Wildman–Crippen MR) is 76.8 cm³/mol. The van der Waals surface area contributed by atoms with E-state index in [4.69, 9.17) is 0 Å². The summed E-state index contributed by atoms with van der Waals surface area (Å²) >= 11 is 0. The lowest BCUT2D eigenvalue weighted by molar-refractivity contribution is -0.275. The number of benzene rings is 1. The molecule has 0 fully saturated rings. The molecule has 0 saturated heterocycles. The molecule has 1 atom stereocenters. The van der Waals surface area contributed by atoms with Crippen molar-refractivity contribution < 1.29 is 48.9 Å². The van der Waals surface area contributed by atoms with Gasteiger partial charge in [-0.2, -0.15) is 8.42 Å². The van der Waals surface area contributed by atoms with Crippen LogP contribution in [0.2, 0.25) is 0 Å². The van der Waals surface area contributed by atoms with Crippen LogP contribution >= 0.6 is 7.60 Å². The first kappa shape index (κ1) is 21.8. The van der Waals surface area contributed by atoms with Gasteiger partial charge < -0.3 is 14.2 Å². The highest BCUT2D eigenvalue weighted by Crippen LogP contribution is 2.43. The molecule has 0 amide bonds. The molecule has 0 saturated carbocycles. The molecule has 0 spiro atoms. The lowest BCUT2D eigenvalue weighted by Gasteiger charge is -2.16. The summed E-state index contributed by atoms with van der Waals surface area (Å²) in [5, 5.41) is 0. The Balaban J connectivity index is 3.05. The quantitative estimate of drug-likeness (QED) is 0.399. The van der Waals surface area contributed by atoms with E-state index in [1.165, 1.54) is 0 Å². The van der Waals surface area contributed by atoms with Crippen LogP contribution in [0.15, 0.2) is 23.1 Å². The zero-order valence-corrected chi connectivity index (χ0v) is 14.7.